The summed E-state index contributed by atoms with van der Waals surface area (Å²) < 4.78 is 7.24. The van der Waals surface area contributed by atoms with Crippen molar-refractivity contribution in [1.82, 2.24) is 14.7 Å². The molecule has 1 saturated carbocycles. The van der Waals surface area contributed by atoms with E-state index in [0.717, 1.165) is 35.3 Å². The highest BCUT2D eigenvalue weighted by atomic mass is 16.5. The van der Waals surface area contributed by atoms with E-state index in [-0.39, 0.29) is 5.91 Å². The standard InChI is InChI=1S/C22H23N3O2/c1-24-14-16(13-23-24)15-25(19-10-11-19)22(26)18-7-5-6-17(12-18)20-8-3-4-9-21(20)27-2/h3-9,12-14,19H,10-11,15H2,1-2H3. The van der Waals surface area contributed by atoms with Crippen LogP contribution in [0.15, 0.2) is 60.9 Å². The Bertz CT molecular complexity index is 959. The third-order valence-electron chi connectivity index (χ3n) is 4.89. The van der Waals surface area contributed by atoms with Crippen LogP contribution < -0.4 is 4.74 Å². The molecule has 0 saturated heterocycles. The van der Waals surface area contributed by atoms with E-state index in [2.05, 4.69) is 5.10 Å². The van der Waals surface area contributed by atoms with Crippen LogP contribution in [0.3, 0.4) is 0 Å². The van der Waals surface area contributed by atoms with Crippen molar-refractivity contribution in [2.45, 2.75) is 25.4 Å². The summed E-state index contributed by atoms with van der Waals surface area (Å²) >= 11 is 0. The first kappa shape index (κ1) is 17.3. The van der Waals surface area contributed by atoms with Gasteiger partial charge in [-0.05, 0) is 36.6 Å². The minimum Gasteiger partial charge on any atom is -0.496 e. The lowest BCUT2D eigenvalue weighted by molar-refractivity contribution is 0.0730. The molecule has 1 fully saturated rings. The number of amides is 1. The molecule has 138 valence electrons. The molecule has 0 unspecified atom stereocenters. The van der Waals surface area contributed by atoms with Crippen molar-refractivity contribution >= 4 is 5.91 Å². The second kappa shape index (κ2) is 7.27. The molecule has 1 aliphatic carbocycles. The van der Waals surface area contributed by atoms with Crippen LogP contribution in [0.5, 0.6) is 5.75 Å². The van der Waals surface area contributed by atoms with Gasteiger partial charge in [0.15, 0.2) is 0 Å². The first-order valence-electron chi connectivity index (χ1n) is 9.17. The number of hydrogen-bond acceptors (Lipinski definition) is 3. The van der Waals surface area contributed by atoms with Gasteiger partial charge in [-0.1, -0.05) is 30.3 Å². The number of aryl methyl sites for hydroxylation is 1. The van der Waals surface area contributed by atoms with Gasteiger partial charge < -0.3 is 9.64 Å². The number of para-hydroxylation sites is 1. The van der Waals surface area contributed by atoms with Gasteiger partial charge in [-0.25, -0.2) is 0 Å². The fourth-order valence-electron chi connectivity index (χ4n) is 3.37. The summed E-state index contributed by atoms with van der Waals surface area (Å²) in [6.07, 6.45) is 5.93. The average Bonchev–Trinajstić information content (AvgIpc) is 3.47. The molecule has 1 aromatic heterocycles. The maximum Gasteiger partial charge on any atom is 0.254 e. The molecular formula is C22H23N3O2. The second-order valence-electron chi connectivity index (χ2n) is 6.97. The minimum absolute atomic E-state index is 0.0677. The Hall–Kier alpha value is -3.08. The third-order valence-corrected chi connectivity index (χ3v) is 4.89. The van der Waals surface area contributed by atoms with E-state index >= 15 is 0 Å². The monoisotopic (exact) mass is 361 g/mol. The summed E-state index contributed by atoms with van der Waals surface area (Å²) in [4.78, 5) is 15.2. The van der Waals surface area contributed by atoms with Gasteiger partial charge in [0.05, 0.1) is 13.3 Å². The Kier molecular flexibility index (Phi) is 4.67. The Labute approximate surface area is 159 Å². The van der Waals surface area contributed by atoms with Crippen LogP contribution >= 0.6 is 0 Å². The first-order valence-corrected chi connectivity index (χ1v) is 9.17. The Morgan fingerprint density at radius 2 is 2.04 bits per heavy atom. The maximum atomic E-state index is 13.2. The Morgan fingerprint density at radius 1 is 1.22 bits per heavy atom. The summed E-state index contributed by atoms with van der Waals surface area (Å²) in [5.74, 6) is 0.870. The average molecular weight is 361 g/mol. The lowest BCUT2D eigenvalue weighted by Gasteiger charge is -2.22. The van der Waals surface area contributed by atoms with Gasteiger partial charge in [0, 0.05) is 42.5 Å². The largest absolute Gasteiger partial charge is 0.496 e. The lowest BCUT2D eigenvalue weighted by atomic mass is 10.0. The zero-order chi connectivity index (χ0) is 18.8. The molecule has 2 aromatic carbocycles. The summed E-state index contributed by atoms with van der Waals surface area (Å²) in [5, 5.41) is 4.22. The van der Waals surface area contributed by atoms with Crippen LogP contribution in [0.1, 0.15) is 28.8 Å². The van der Waals surface area contributed by atoms with Gasteiger partial charge in [-0.15, -0.1) is 0 Å². The molecule has 5 heteroatoms. The van der Waals surface area contributed by atoms with Crippen LogP contribution in [0.4, 0.5) is 0 Å². The molecule has 4 rings (SSSR count). The van der Waals surface area contributed by atoms with Crippen molar-refractivity contribution in [2.24, 2.45) is 7.05 Å². The Balaban J connectivity index is 1.62. The molecule has 0 spiro atoms. The van der Waals surface area contributed by atoms with E-state index in [9.17, 15) is 4.79 Å². The highest BCUT2D eigenvalue weighted by molar-refractivity contribution is 5.96. The molecule has 0 bridgehead atoms. The van der Waals surface area contributed by atoms with E-state index in [4.69, 9.17) is 4.74 Å². The molecule has 1 aliphatic rings. The van der Waals surface area contributed by atoms with Crippen molar-refractivity contribution in [3.8, 4) is 16.9 Å². The highest BCUT2D eigenvalue weighted by Gasteiger charge is 2.33. The molecular weight excluding hydrogens is 338 g/mol. The van der Waals surface area contributed by atoms with Gasteiger partial charge in [0.2, 0.25) is 0 Å². The number of carbonyl (C=O) groups excluding carboxylic acids is 1. The van der Waals surface area contributed by atoms with Crippen molar-refractivity contribution in [3.63, 3.8) is 0 Å². The number of carbonyl (C=O) groups is 1. The maximum absolute atomic E-state index is 13.2. The number of ether oxygens (including phenoxy) is 1. The van der Waals surface area contributed by atoms with E-state index in [0.29, 0.717) is 18.2 Å². The number of methoxy groups -OCH3 is 1. The molecule has 3 aromatic rings. The summed E-state index contributed by atoms with van der Waals surface area (Å²) in [6.45, 7) is 0.593. The molecule has 1 amide bonds. The van der Waals surface area contributed by atoms with Gasteiger partial charge in [-0.3, -0.25) is 9.48 Å². The molecule has 0 N–H and O–H groups in total. The lowest BCUT2D eigenvalue weighted by Crippen LogP contribution is -2.32. The van der Waals surface area contributed by atoms with Crippen LogP contribution in [0, 0.1) is 0 Å². The summed E-state index contributed by atoms with van der Waals surface area (Å²) in [6, 6.07) is 16.0. The Morgan fingerprint density at radius 3 is 2.74 bits per heavy atom. The van der Waals surface area contributed by atoms with Crippen LogP contribution in [0.2, 0.25) is 0 Å². The zero-order valence-electron chi connectivity index (χ0n) is 15.6. The molecule has 0 atom stereocenters. The number of benzene rings is 2. The molecule has 27 heavy (non-hydrogen) atoms. The normalized spacial score (nSPS) is 13.4. The van der Waals surface area contributed by atoms with Crippen LogP contribution in [-0.4, -0.2) is 33.7 Å². The number of aromatic nitrogens is 2. The van der Waals surface area contributed by atoms with E-state index in [1.807, 2.05) is 72.9 Å². The molecule has 5 nitrogen and oxygen atoms in total. The third kappa shape index (κ3) is 3.72. The van der Waals surface area contributed by atoms with Crippen molar-refractivity contribution in [2.75, 3.05) is 7.11 Å². The van der Waals surface area contributed by atoms with Gasteiger partial charge in [0.25, 0.3) is 5.91 Å². The van der Waals surface area contributed by atoms with Gasteiger partial charge in [0.1, 0.15) is 5.75 Å². The van der Waals surface area contributed by atoms with Gasteiger partial charge in [-0.2, -0.15) is 5.10 Å². The van der Waals surface area contributed by atoms with Crippen LogP contribution in [-0.2, 0) is 13.6 Å². The van der Waals surface area contributed by atoms with Crippen molar-refractivity contribution < 1.29 is 9.53 Å². The first-order chi connectivity index (χ1) is 13.2. The highest BCUT2D eigenvalue weighted by Crippen LogP contribution is 2.32. The molecule has 1 heterocycles. The SMILES string of the molecule is COc1ccccc1-c1cccc(C(=O)N(Cc2cnn(C)c2)C2CC2)c1. The van der Waals surface area contributed by atoms with Gasteiger partial charge >= 0.3 is 0 Å². The fourth-order valence-corrected chi connectivity index (χ4v) is 3.37. The van der Waals surface area contributed by atoms with Crippen LogP contribution in [0.25, 0.3) is 11.1 Å². The van der Waals surface area contributed by atoms with E-state index in [1.165, 1.54) is 0 Å². The minimum atomic E-state index is 0.0677. The van der Waals surface area contributed by atoms with E-state index < -0.39 is 0 Å². The predicted octanol–water partition coefficient (Wildman–Crippen LogP) is 3.90. The van der Waals surface area contributed by atoms with Crippen molar-refractivity contribution in [1.29, 1.82) is 0 Å². The smallest absolute Gasteiger partial charge is 0.254 e. The predicted molar refractivity (Wildman–Crippen MR) is 105 cm³/mol. The quantitative estimate of drug-likeness (QED) is 0.669. The number of rotatable bonds is 6. The summed E-state index contributed by atoms with van der Waals surface area (Å²) in [5.41, 5.74) is 3.73. The topological polar surface area (TPSA) is 47.4 Å². The molecule has 0 radical (unpaired) electrons. The van der Waals surface area contributed by atoms with E-state index in [1.54, 1.807) is 11.8 Å². The summed E-state index contributed by atoms with van der Waals surface area (Å²) in [7, 11) is 3.56. The number of hydrogen-bond donors (Lipinski definition) is 0. The van der Waals surface area contributed by atoms with Crippen molar-refractivity contribution in [3.05, 3.63) is 72.1 Å². The molecule has 0 aliphatic heterocycles. The fraction of sp³-hybridized carbons (Fsp3) is 0.273. The number of nitrogens with zero attached hydrogens (tertiary/aromatic N) is 3. The zero-order valence-corrected chi connectivity index (χ0v) is 15.6. The second-order valence-corrected chi connectivity index (χ2v) is 6.97.